The number of aryl methyl sites for hydroxylation is 2. The van der Waals surface area contributed by atoms with Crippen molar-refractivity contribution in [3.8, 4) is 17.2 Å². The summed E-state index contributed by atoms with van der Waals surface area (Å²) < 4.78 is 7.97. The first-order valence-electron chi connectivity index (χ1n) is 8.06. The van der Waals surface area contributed by atoms with E-state index in [4.69, 9.17) is 4.74 Å². The van der Waals surface area contributed by atoms with Crippen molar-refractivity contribution in [3.05, 3.63) is 60.8 Å². The summed E-state index contributed by atoms with van der Waals surface area (Å²) in [5.74, 6) is 1.83. The van der Waals surface area contributed by atoms with Crippen LogP contribution in [0.4, 0.5) is 11.5 Å². The number of fused-ring (bicyclic) bond motifs is 1. The number of benzene rings is 2. The predicted octanol–water partition coefficient (Wildman–Crippen LogP) is 3.91. The van der Waals surface area contributed by atoms with Gasteiger partial charge >= 0.3 is 0 Å². The number of rotatable bonds is 4. The minimum absolute atomic E-state index is 0.00542. The highest BCUT2D eigenvalue weighted by molar-refractivity contribution is 5.77. The van der Waals surface area contributed by atoms with Gasteiger partial charge in [-0.25, -0.2) is 15.0 Å². The van der Waals surface area contributed by atoms with Crippen molar-refractivity contribution >= 4 is 22.5 Å². The molecule has 0 aliphatic heterocycles. The van der Waals surface area contributed by atoms with E-state index in [9.17, 15) is 5.11 Å². The molecule has 130 valence electrons. The van der Waals surface area contributed by atoms with Gasteiger partial charge in [0.25, 0.3) is 0 Å². The normalized spacial score (nSPS) is 10.8. The lowest BCUT2D eigenvalue weighted by molar-refractivity contribution is 0.472. The third kappa shape index (κ3) is 3.02. The van der Waals surface area contributed by atoms with E-state index in [-0.39, 0.29) is 5.75 Å². The highest BCUT2D eigenvalue weighted by atomic mass is 16.5. The molecule has 7 nitrogen and oxygen atoms in total. The molecule has 0 saturated heterocycles. The van der Waals surface area contributed by atoms with Crippen molar-refractivity contribution in [1.82, 2.24) is 19.5 Å². The predicted molar refractivity (Wildman–Crippen MR) is 98.9 cm³/mol. The van der Waals surface area contributed by atoms with Crippen molar-refractivity contribution in [2.75, 3.05) is 5.32 Å². The number of nitrogens with zero attached hydrogens (tertiary/aromatic N) is 4. The number of anilines is 2. The summed E-state index contributed by atoms with van der Waals surface area (Å²) in [6, 6.07) is 11.5. The third-order valence-electron chi connectivity index (χ3n) is 4.06. The van der Waals surface area contributed by atoms with Crippen molar-refractivity contribution < 1.29 is 9.84 Å². The first-order chi connectivity index (χ1) is 12.6. The molecule has 0 saturated carbocycles. The fourth-order valence-electron chi connectivity index (χ4n) is 2.70. The Kier molecular flexibility index (Phi) is 3.89. The Morgan fingerprint density at radius 3 is 2.81 bits per heavy atom. The van der Waals surface area contributed by atoms with Crippen LogP contribution in [0.15, 0.2) is 55.2 Å². The number of nitrogens with one attached hydrogen (secondary N) is 1. The van der Waals surface area contributed by atoms with Gasteiger partial charge in [0.15, 0.2) is 11.6 Å². The van der Waals surface area contributed by atoms with Crippen LogP contribution in [-0.4, -0.2) is 24.6 Å². The Balaban J connectivity index is 1.56. The molecular weight excluding hydrogens is 330 g/mol. The topological polar surface area (TPSA) is 85.1 Å². The van der Waals surface area contributed by atoms with Crippen LogP contribution in [0.25, 0.3) is 11.0 Å². The molecule has 0 aliphatic rings. The zero-order chi connectivity index (χ0) is 18.1. The van der Waals surface area contributed by atoms with E-state index in [0.29, 0.717) is 5.82 Å². The van der Waals surface area contributed by atoms with Crippen LogP contribution < -0.4 is 10.1 Å². The fourth-order valence-corrected chi connectivity index (χ4v) is 2.70. The van der Waals surface area contributed by atoms with Crippen molar-refractivity contribution in [3.63, 3.8) is 0 Å². The minimum Gasteiger partial charge on any atom is -0.503 e. The van der Waals surface area contributed by atoms with Gasteiger partial charge in [-0.05, 0) is 42.8 Å². The number of aromatic hydroxyl groups is 1. The van der Waals surface area contributed by atoms with Gasteiger partial charge in [-0.3, -0.25) is 0 Å². The molecule has 0 aliphatic carbocycles. The van der Waals surface area contributed by atoms with Gasteiger partial charge in [-0.2, -0.15) is 0 Å². The maximum absolute atomic E-state index is 9.76. The average Bonchev–Trinajstić information content (AvgIpc) is 3.00. The van der Waals surface area contributed by atoms with Crippen LogP contribution in [-0.2, 0) is 7.05 Å². The smallest absolute Gasteiger partial charge is 0.177 e. The second-order valence-corrected chi connectivity index (χ2v) is 5.97. The molecule has 7 heteroatoms. The third-order valence-corrected chi connectivity index (χ3v) is 4.06. The van der Waals surface area contributed by atoms with Gasteiger partial charge in [0.05, 0.1) is 23.6 Å². The van der Waals surface area contributed by atoms with Crippen molar-refractivity contribution in [2.24, 2.45) is 7.05 Å². The summed E-state index contributed by atoms with van der Waals surface area (Å²) in [4.78, 5) is 12.1. The average molecular weight is 347 g/mol. The summed E-state index contributed by atoms with van der Waals surface area (Å²) in [6.07, 6.45) is 4.50. The molecule has 0 bridgehead atoms. The van der Waals surface area contributed by atoms with Gasteiger partial charge < -0.3 is 19.7 Å². The van der Waals surface area contributed by atoms with E-state index < -0.39 is 0 Å². The Hall–Kier alpha value is -3.61. The van der Waals surface area contributed by atoms with Crippen LogP contribution in [0.2, 0.25) is 0 Å². The molecule has 2 heterocycles. The molecule has 0 fully saturated rings. The SMILES string of the molecule is Cc1cc(Nc2ncncc2O)ccc1Oc1ccc2c(c1)ncn2C. The second kappa shape index (κ2) is 6.36. The van der Waals surface area contributed by atoms with Crippen LogP contribution in [0.1, 0.15) is 5.56 Å². The highest BCUT2D eigenvalue weighted by Gasteiger charge is 2.08. The molecule has 0 unspecified atom stereocenters. The fraction of sp³-hybridized carbons (Fsp3) is 0.105. The molecule has 26 heavy (non-hydrogen) atoms. The number of imidazole rings is 1. The van der Waals surface area contributed by atoms with Gasteiger partial charge in [0.1, 0.15) is 17.8 Å². The Labute approximate surface area is 149 Å². The van der Waals surface area contributed by atoms with Crippen LogP contribution in [0, 0.1) is 6.92 Å². The molecule has 4 aromatic rings. The van der Waals surface area contributed by atoms with Gasteiger partial charge in [-0.15, -0.1) is 0 Å². The highest BCUT2D eigenvalue weighted by Crippen LogP contribution is 2.30. The largest absolute Gasteiger partial charge is 0.503 e. The summed E-state index contributed by atoms with van der Waals surface area (Å²) in [5.41, 5.74) is 3.69. The summed E-state index contributed by atoms with van der Waals surface area (Å²) in [5, 5.41) is 12.8. The molecule has 0 amide bonds. The summed E-state index contributed by atoms with van der Waals surface area (Å²) in [6.45, 7) is 1.96. The molecule has 4 rings (SSSR count). The maximum Gasteiger partial charge on any atom is 0.177 e. The van der Waals surface area contributed by atoms with Crippen LogP contribution in [0.5, 0.6) is 17.2 Å². The molecule has 2 aromatic carbocycles. The molecular formula is C19H17N5O2. The summed E-state index contributed by atoms with van der Waals surface area (Å²) in [7, 11) is 1.96. The van der Waals surface area contributed by atoms with E-state index >= 15 is 0 Å². The van der Waals surface area contributed by atoms with Crippen LogP contribution in [0.3, 0.4) is 0 Å². The molecule has 0 atom stereocenters. The standard InChI is InChI=1S/C19H17N5O2/c1-12-7-13(23-19-17(25)9-20-10-21-19)3-6-18(12)26-14-4-5-16-15(8-14)22-11-24(16)2/h3-11,25H,1-2H3,(H,20,21,23). The van der Waals surface area contributed by atoms with E-state index in [1.807, 2.05) is 54.9 Å². The monoisotopic (exact) mass is 347 g/mol. The maximum atomic E-state index is 9.76. The zero-order valence-electron chi connectivity index (χ0n) is 14.3. The second-order valence-electron chi connectivity index (χ2n) is 5.97. The molecule has 0 spiro atoms. The lowest BCUT2D eigenvalue weighted by Gasteiger charge is -2.12. The molecule has 2 aromatic heterocycles. The Morgan fingerprint density at radius 1 is 1.12 bits per heavy atom. The number of hydrogen-bond acceptors (Lipinski definition) is 6. The number of aromatic nitrogens is 4. The Bertz CT molecular complexity index is 1090. The van der Waals surface area contributed by atoms with E-state index in [2.05, 4.69) is 20.3 Å². The van der Waals surface area contributed by atoms with Gasteiger partial charge in [-0.1, -0.05) is 0 Å². The van der Waals surface area contributed by atoms with E-state index in [0.717, 1.165) is 33.8 Å². The van der Waals surface area contributed by atoms with E-state index in [1.54, 1.807) is 6.33 Å². The lowest BCUT2D eigenvalue weighted by atomic mass is 10.2. The summed E-state index contributed by atoms with van der Waals surface area (Å²) >= 11 is 0. The first-order valence-corrected chi connectivity index (χ1v) is 8.06. The quantitative estimate of drug-likeness (QED) is 0.582. The van der Waals surface area contributed by atoms with Gasteiger partial charge in [0, 0.05) is 18.8 Å². The van der Waals surface area contributed by atoms with Gasteiger partial charge in [0.2, 0.25) is 0 Å². The van der Waals surface area contributed by atoms with E-state index in [1.165, 1.54) is 12.5 Å². The minimum atomic E-state index is -0.00542. The number of ether oxygens (including phenoxy) is 1. The molecule has 0 radical (unpaired) electrons. The lowest BCUT2D eigenvalue weighted by Crippen LogP contribution is -1.96. The Morgan fingerprint density at radius 2 is 2.00 bits per heavy atom. The zero-order valence-corrected chi connectivity index (χ0v) is 14.3. The number of hydrogen-bond donors (Lipinski definition) is 2. The first kappa shape index (κ1) is 15.9. The van der Waals surface area contributed by atoms with Crippen molar-refractivity contribution in [2.45, 2.75) is 6.92 Å². The molecule has 2 N–H and O–H groups in total. The van der Waals surface area contributed by atoms with Crippen molar-refractivity contribution in [1.29, 1.82) is 0 Å². The van der Waals surface area contributed by atoms with Crippen LogP contribution >= 0.6 is 0 Å².